The van der Waals surface area contributed by atoms with E-state index in [1.54, 1.807) is 0 Å². The monoisotopic (exact) mass is 806 g/mol. The molecule has 2 aliphatic rings. The smallest absolute Gasteiger partial charge is 0.323 e. The Morgan fingerprint density at radius 3 is 1.53 bits per heavy atom. The van der Waals surface area contributed by atoms with Gasteiger partial charge in [0, 0.05) is 6.04 Å². The van der Waals surface area contributed by atoms with Gasteiger partial charge in [-0.1, -0.05) is 48.5 Å². The first-order chi connectivity index (χ1) is 28.2. The van der Waals surface area contributed by atoms with Crippen LogP contribution in [-0.4, -0.2) is 36.1 Å². The largest absolute Gasteiger partial charge is 0.480 e. The normalized spacial score (nSPS) is 15.7. The van der Waals surface area contributed by atoms with Crippen LogP contribution in [0.2, 0.25) is 0 Å². The molecule has 4 N–H and O–H groups in total. The van der Waals surface area contributed by atoms with Crippen molar-refractivity contribution in [3.63, 3.8) is 0 Å². The van der Waals surface area contributed by atoms with Crippen molar-refractivity contribution >= 4 is 33.9 Å². The van der Waals surface area contributed by atoms with Gasteiger partial charge in [-0.2, -0.15) is 10.5 Å². The van der Waals surface area contributed by atoms with Crippen LogP contribution in [0.25, 0.3) is 22.1 Å². The summed E-state index contributed by atoms with van der Waals surface area (Å²) in [6.45, 7) is 3.20. The van der Waals surface area contributed by atoms with Crippen LogP contribution in [0.4, 0.5) is 17.6 Å². The topological polar surface area (TPSA) is 176 Å². The van der Waals surface area contributed by atoms with Crippen LogP contribution < -0.4 is 11.1 Å². The van der Waals surface area contributed by atoms with Crippen LogP contribution in [0.1, 0.15) is 86.7 Å². The predicted octanol–water partition coefficient (Wildman–Crippen LogP) is 8.19. The molecule has 4 aromatic carbocycles. The summed E-state index contributed by atoms with van der Waals surface area (Å²) in [4.78, 5) is 30.7. The Hall–Kier alpha value is -6.58. The van der Waals surface area contributed by atoms with E-state index in [2.05, 4.69) is 39.6 Å². The van der Waals surface area contributed by atoms with Crippen LogP contribution in [0.5, 0.6) is 0 Å². The molecule has 15 heteroatoms. The maximum Gasteiger partial charge on any atom is 0.323 e. The van der Waals surface area contributed by atoms with Gasteiger partial charge in [-0.3, -0.25) is 9.59 Å². The molecule has 2 fully saturated rings. The summed E-state index contributed by atoms with van der Waals surface area (Å²) in [7, 11) is 0. The van der Waals surface area contributed by atoms with Gasteiger partial charge in [0.1, 0.15) is 24.1 Å². The molecule has 0 saturated heterocycles. The zero-order chi connectivity index (χ0) is 42.5. The number of halogens is 4. The number of carbonyl (C=O) groups excluding carboxylic acids is 1. The highest BCUT2D eigenvalue weighted by Crippen LogP contribution is 2.44. The van der Waals surface area contributed by atoms with Gasteiger partial charge in [0.25, 0.3) is 0 Å². The van der Waals surface area contributed by atoms with E-state index in [-0.39, 0.29) is 51.9 Å². The number of carbonyl (C=O) groups is 2. The lowest BCUT2D eigenvalue weighted by atomic mass is 9.65. The predicted molar refractivity (Wildman–Crippen MR) is 211 cm³/mol. The molecule has 6 aromatic rings. The van der Waals surface area contributed by atoms with Gasteiger partial charge in [0.2, 0.25) is 5.91 Å². The third kappa shape index (κ3) is 8.81. The Kier molecular flexibility index (Phi) is 12.5. The highest BCUT2D eigenvalue weighted by atomic mass is 19.2. The zero-order valence-electron chi connectivity index (χ0n) is 32.4. The van der Waals surface area contributed by atoms with Gasteiger partial charge in [0.15, 0.2) is 23.3 Å². The van der Waals surface area contributed by atoms with E-state index in [9.17, 15) is 37.7 Å². The number of aromatic nitrogens is 4. The molecule has 2 saturated carbocycles. The number of hydrogen-bond acceptors (Lipinski definition) is 7. The number of amides is 1. The Morgan fingerprint density at radius 1 is 0.729 bits per heavy atom. The fourth-order valence-corrected chi connectivity index (χ4v) is 7.29. The van der Waals surface area contributed by atoms with Crippen molar-refractivity contribution in [2.75, 3.05) is 0 Å². The number of rotatable bonds is 9. The summed E-state index contributed by atoms with van der Waals surface area (Å²) in [6, 6.07) is 25.2. The second kappa shape index (κ2) is 17.5. The number of hydrogen-bond donors (Lipinski definition) is 3. The quantitative estimate of drug-likeness (QED) is 0.123. The van der Waals surface area contributed by atoms with Crippen molar-refractivity contribution in [3.05, 3.63) is 131 Å². The molecular weight excluding hydrogens is 765 g/mol. The molecule has 0 radical (unpaired) electrons. The number of aliphatic carboxylic acids is 1. The average Bonchev–Trinajstić information content (AvgIpc) is 3.79. The number of benzene rings is 4. The number of carboxylic acids is 1. The van der Waals surface area contributed by atoms with Gasteiger partial charge in [0.05, 0.1) is 52.7 Å². The van der Waals surface area contributed by atoms with Crippen LogP contribution in [-0.2, 0) is 33.5 Å². The van der Waals surface area contributed by atoms with Crippen molar-refractivity contribution in [1.29, 1.82) is 10.5 Å². The summed E-state index contributed by atoms with van der Waals surface area (Å²) < 4.78 is 56.1. The third-order valence-electron chi connectivity index (χ3n) is 11.1. The SMILES string of the molecule is CC(N)c1ccc(C2(C#N)CCC2)cc1.CC(NC(=O)Cn1cnc2ccc(F)c(F)c21)c1ccc(C2(C#N)CCC2)cc1.O=C(O)Cn1cnc2ccc(F)c(F)c21. The van der Waals surface area contributed by atoms with Gasteiger partial charge < -0.3 is 25.3 Å². The molecule has 2 unspecified atom stereocenters. The Balaban J connectivity index is 0.000000164. The minimum Gasteiger partial charge on any atom is -0.480 e. The number of nitrogens with zero attached hydrogens (tertiary/aromatic N) is 6. The van der Waals surface area contributed by atoms with Crippen LogP contribution in [0, 0.1) is 45.9 Å². The molecular formula is C44H42F4N8O3. The van der Waals surface area contributed by atoms with Crippen molar-refractivity contribution in [2.24, 2.45) is 5.73 Å². The number of carboxylic acid groups (broad SMARTS) is 1. The molecule has 8 rings (SSSR count). The number of imidazole rings is 2. The van der Waals surface area contributed by atoms with Gasteiger partial charge in [-0.25, -0.2) is 27.5 Å². The number of nitriles is 2. The number of nitrogens with two attached hydrogens (primary N) is 1. The van der Waals surface area contributed by atoms with Crippen LogP contribution in [0.15, 0.2) is 85.5 Å². The molecule has 2 heterocycles. The highest BCUT2D eigenvalue weighted by molar-refractivity contribution is 5.81. The molecule has 2 aliphatic carbocycles. The Labute approximate surface area is 337 Å². The highest BCUT2D eigenvalue weighted by Gasteiger charge is 2.39. The molecule has 1 amide bonds. The van der Waals surface area contributed by atoms with E-state index in [4.69, 9.17) is 10.8 Å². The zero-order valence-corrected chi connectivity index (χ0v) is 32.4. The molecule has 0 spiro atoms. The molecule has 2 atom stereocenters. The Bertz CT molecular complexity index is 2560. The van der Waals surface area contributed by atoms with Crippen molar-refractivity contribution in [2.45, 2.75) is 88.4 Å². The maximum absolute atomic E-state index is 14.1. The summed E-state index contributed by atoms with van der Waals surface area (Å²) in [5.41, 5.74) is 9.79. The van der Waals surface area contributed by atoms with Crippen LogP contribution in [0.3, 0.4) is 0 Å². The first kappa shape index (κ1) is 42.0. The minimum absolute atomic E-state index is 0.0283. The first-order valence-electron chi connectivity index (χ1n) is 19.1. The summed E-state index contributed by atoms with van der Waals surface area (Å²) in [5.74, 6) is -5.57. The van der Waals surface area contributed by atoms with Crippen molar-refractivity contribution < 1.29 is 32.3 Å². The van der Waals surface area contributed by atoms with Gasteiger partial charge >= 0.3 is 5.97 Å². The van der Waals surface area contributed by atoms with E-state index in [1.807, 2.05) is 50.2 Å². The molecule has 0 aliphatic heterocycles. The van der Waals surface area contributed by atoms with E-state index in [1.165, 1.54) is 35.8 Å². The molecule has 59 heavy (non-hydrogen) atoms. The Morgan fingerprint density at radius 2 is 1.15 bits per heavy atom. The summed E-state index contributed by atoms with van der Waals surface area (Å²) in [6.07, 6.45) is 8.49. The van der Waals surface area contributed by atoms with E-state index < -0.39 is 35.8 Å². The summed E-state index contributed by atoms with van der Waals surface area (Å²) >= 11 is 0. The van der Waals surface area contributed by atoms with Crippen molar-refractivity contribution in [3.8, 4) is 12.1 Å². The lowest BCUT2D eigenvalue weighted by Gasteiger charge is -2.35. The second-order valence-electron chi connectivity index (χ2n) is 15.0. The minimum atomic E-state index is -1.14. The van der Waals surface area contributed by atoms with Crippen molar-refractivity contribution in [1.82, 2.24) is 24.4 Å². The van der Waals surface area contributed by atoms with E-state index >= 15 is 0 Å². The van der Waals surface area contributed by atoms with E-state index in [0.717, 1.165) is 71.1 Å². The number of nitrogens with one attached hydrogen (secondary N) is 1. The molecule has 11 nitrogen and oxygen atoms in total. The fourth-order valence-electron chi connectivity index (χ4n) is 7.29. The maximum atomic E-state index is 14.1. The lowest BCUT2D eigenvalue weighted by Crippen LogP contribution is -2.32. The summed E-state index contributed by atoms with van der Waals surface area (Å²) in [5, 5.41) is 30.1. The standard InChI is InChI=1S/C22H20F2N4O.C13H16N2.C9H6F2N2O2/c1-14(15-3-5-16(6-4-15)22(12-25)9-2-10-22)27-19(29)11-28-13-26-18-8-7-17(23)20(24)21(18)28;1-10(15)11-3-5-12(6-4-11)13(9-14)7-2-8-13;10-5-1-2-6-9(8(5)11)13(4-12-6)3-7(14)15/h3-8,13-14H,2,9-11H2,1H3,(H,27,29);3-6,10H,2,7-8,15H2,1H3;1-2,4H,3H2,(H,14,15). The third-order valence-corrected chi connectivity index (χ3v) is 11.1. The number of fused-ring (bicyclic) bond motifs is 2. The van der Waals surface area contributed by atoms with Gasteiger partial charge in [-0.05, 0) is 98.9 Å². The first-order valence-corrected chi connectivity index (χ1v) is 19.1. The van der Waals surface area contributed by atoms with Gasteiger partial charge in [-0.15, -0.1) is 0 Å². The average molecular weight is 807 g/mol. The van der Waals surface area contributed by atoms with Crippen LogP contribution >= 0.6 is 0 Å². The fraction of sp³-hybridized carbons (Fsp3) is 0.318. The molecule has 304 valence electrons. The lowest BCUT2D eigenvalue weighted by molar-refractivity contribution is -0.137. The van der Waals surface area contributed by atoms with E-state index in [0.29, 0.717) is 5.52 Å². The molecule has 0 bridgehead atoms. The second-order valence-corrected chi connectivity index (χ2v) is 15.0. The molecule has 2 aromatic heterocycles.